The topological polar surface area (TPSA) is 11.3 Å². The Balaban J connectivity index is 2.77. The number of hydrogen-bond acceptors (Lipinski definition) is 0. The van der Waals surface area contributed by atoms with Crippen molar-refractivity contribution in [3.05, 3.63) is 12.3 Å². The first-order chi connectivity index (χ1) is 3.21. The van der Waals surface area contributed by atoms with Crippen LogP contribution in [0.15, 0.2) is 12.3 Å². The first kappa shape index (κ1) is 4.57. The molecule has 0 aromatic carbocycles. The molecule has 1 aliphatic rings. The molecule has 1 rings (SSSR count). The average Bonchev–Trinajstić information content (AvgIpc) is 1.84. The smallest absolute Gasteiger partial charge is 0.200 e. The molecule has 1 heteroatoms. The summed E-state index contributed by atoms with van der Waals surface area (Å²) in [7, 11) is 0. The van der Waals surface area contributed by atoms with E-state index < -0.39 is 0 Å². The zero-order chi connectivity index (χ0) is 5.33. The van der Waals surface area contributed by atoms with E-state index in [0.29, 0.717) is 0 Å². The van der Waals surface area contributed by atoms with Gasteiger partial charge in [-0.3, -0.25) is 0 Å². The molecule has 0 bridgehead atoms. The summed E-state index contributed by atoms with van der Waals surface area (Å²) < 4.78 is 4.73. The fourth-order valence-corrected chi connectivity index (χ4v) is 0.424. The van der Waals surface area contributed by atoms with Crippen molar-refractivity contribution in [2.24, 2.45) is 5.41 Å². The van der Waals surface area contributed by atoms with Crippen LogP contribution in [0.2, 0.25) is 0 Å². The fourth-order valence-electron chi connectivity index (χ4n) is 0.424. The summed E-state index contributed by atoms with van der Waals surface area (Å²) in [6.07, 6.45) is 6.40. The molecule has 0 unspecified atom stereocenters. The van der Waals surface area contributed by atoms with Crippen molar-refractivity contribution in [2.75, 3.05) is 0 Å². The van der Waals surface area contributed by atoms with Crippen molar-refractivity contribution in [3.63, 3.8) is 0 Å². The van der Waals surface area contributed by atoms with Gasteiger partial charge in [-0.2, -0.15) is 0 Å². The first-order valence-electron chi connectivity index (χ1n) is 2.31. The minimum Gasteiger partial charge on any atom is -0.400 e. The Morgan fingerprint density at radius 1 is 1.57 bits per heavy atom. The average molecular weight is 96.1 g/mol. The van der Waals surface area contributed by atoms with E-state index in [2.05, 4.69) is 6.29 Å². The van der Waals surface area contributed by atoms with Crippen LogP contribution < -0.4 is 0 Å². The van der Waals surface area contributed by atoms with Gasteiger partial charge < -0.3 is 4.42 Å². The van der Waals surface area contributed by atoms with Gasteiger partial charge in [-0.15, -0.1) is 0 Å². The summed E-state index contributed by atoms with van der Waals surface area (Å²) in [5.41, 5.74) is 0.0417. The predicted molar refractivity (Wildman–Crippen MR) is 28.6 cm³/mol. The summed E-state index contributed by atoms with van der Waals surface area (Å²) in [5.74, 6) is 0. The second-order valence-electron chi connectivity index (χ2n) is 2.24. The molecular weight excluding hydrogens is 88.1 g/mol. The fraction of sp³-hybridized carbons (Fsp3) is 0.500. The molecule has 0 saturated carbocycles. The van der Waals surface area contributed by atoms with E-state index in [0.717, 1.165) is 0 Å². The Morgan fingerprint density at radius 3 is 2.43 bits per heavy atom. The Hall–Kier alpha value is -0.590. The summed E-state index contributed by atoms with van der Waals surface area (Å²) in [6.45, 7) is 4.08. The summed E-state index contributed by atoms with van der Waals surface area (Å²) in [5, 5.41) is 0. The molecule has 38 valence electrons. The molecule has 1 aliphatic heterocycles. The van der Waals surface area contributed by atoms with Crippen LogP contribution in [-0.2, 0) is 4.42 Å². The van der Waals surface area contributed by atoms with Gasteiger partial charge in [-0.05, 0) is 0 Å². The highest BCUT2D eigenvalue weighted by Gasteiger charge is 2.13. The van der Waals surface area contributed by atoms with E-state index in [1.54, 1.807) is 6.26 Å². The van der Waals surface area contributed by atoms with Crippen LogP contribution in [0, 0.1) is 5.41 Å². The molecule has 0 saturated heterocycles. The zero-order valence-corrected chi connectivity index (χ0v) is 4.56. The monoisotopic (exact) mass is 96.1 g/mol. The van der Waals surface area contributed by atoms with E-state index in [-0.39, 0.29) is 5.41 Å². The highest BCUT2D eigenvalue weighted by molar-refractivity contribution is 5.64. The van der Waals surface area contributed by atoms with Crippen LogP contribution >= 0.6 is 0 Å². The Kier molecular flexibility index (Phi) is 0.775. The number of allylic oxidation sites excluding steroid dienone is 1. The molecule has 0 amide bonds. The van der Waals surface area contributed by atoms with Crippen molar-refractivity contribution < 1.29 is 4.42 Å². The SMILES string of the molecule is CC1(C)[C-]=[O+]C=C1. The summed E-state index contributed by atoms with van der Waals surface area (Å²) in [6, 6.07) is 0. The molecular formula is C6H8O. The van der Waals surface area contributed by atoms with Gasteiger partial charge in [0.05, 0.1) is 0 Å². The first-order valence-corrected chi connectivity index (χ1v) is 2.31. The molecule has 1 heterocycles. The zero-order valence-electron chi connectivity index (χ0n) is 4.56. The van der Waals surface area contributed by atoms with Gasteiger partial charge in [-0.25, -0.2) is 0 Å². The minimum atomic E-state index is 0.0417. The highest BCUT2D eigenvalue weighted by atomic mass is 16.4. The van der Waals surface area contributed by atoms with Gasteiger partial charge in [0.1, 0.15) is 0 Å². The van der Waals surface area contributed by atoms with Crippen LogP contribution in [-0.4, -0.2) is 6.29 Å². The number of hydrogen-bond donors (Lipinski definition) is 0. The normalized spacial score (nSPS) is 23.7. The highest BCUT2D eigenvalue weighted by Crippen LogP contribution is 2.15. The molecule has 0 radical (unpaired) electrons. The van der Waals surface area contributed by atoms with Gasteiger partial charge in [-0.1, -0.05) is 19.9 Å². The lowest BCUT2D eigenvalue weighted by Crippen LogP contribution is -2.04. The van der Waals surface area contributed by atoms with Crippen molar-refractivity contribution in [2.45, 2.75) is 13.8 Å². The van der Waals surface area contributed by atoms with E-state index in [1.807, 2.05) is 19.9 Å². The molecule has 0 N–H and O–H groups in total. The van der Waals surface area contributed by atoms with Gasteiger partial charge >= 0.3 is 0 Å². The third kappa shape index (κ3) is 0.889. The second kappa shape index (κ2) is 1.19. The van der Waals surface area contributed by atoms with Crippen LogP contribution in [0.5, 0.6) is 0 Å². The van der Waals surface area contributed by atoms with E-state index in [1.165, 1.54) is 0 Å². The summed E-state index contributed by atoms with van der Waals surface area (Å²) >= 11 is 0. The maximum atomic E-state index is 4.73. The summed E-state index contributed by atoms with van der Waals surface area (Å²) in [4.78, 5) is 0. The number of rotatable bonds is 0. The van der Waals surface area contributed by atoms with Gasteiger partial charge in [0.15, 0.2) is 6.26 Å². The van der Waals surface area contributed by atoms with E-state index >= 15 is 0 Å². The molecule has 0 aromatic rings. The lowest BCUT2D eigenvalue weighted by molar-refractivity contribution is 0.252. The van der Waals surface area contributed by atoms with Crippen molar-refractivity contribution >= 4 is 6.29 Å². The van der Waals surface area contributed by atoms with E-state index in [4.69, 9.17) is 4.42 Å². The van der Waals surface area contributed by atoms with Gasteiger partial charge in [0.25, 0.3) is 0 Å². The maximum Gasteiger partial charge on any atom is 0.200 e. The quantitative estimate of drug-likeness (QED) is 0.317. The standard InChI is InChI=1S/C6H8O/c1-6(2)3-4-7-5-6/h3-4H,1-2H3. The Bertz CT molecular complexity index is 106. The van der Waals surface area contributed by atoms with Crippen molar-refractivity contribution in [1.29, 1.82) is 0 Å². The third-order valence-electron chi connectivity index (χ3n) is 0.875. The molecule has 0 atom stereocenters. The second-order valence-corrected chi connectivity index (χ2v) is 2.24. The molecule has 0 fully saturated rings. The van der Waals surface area contributed by atoms with Crippen molar-refractivity contribution in [1.82, 2.24) is 0 Å². The van der Waals surface area contributed by atoms with Crippen LogP contribution in [0.25, 0.3) is 0 Å². The van der Waals surface area contributed by atoms with Crippen LogP contribution in [0.1, 0.15) is 13.8 Å². The van der Waals surface area contributed by atoms with E-state index in [9.17, 15) is 0 Å². The number of carbonyl (C=O) groups excluding carboxylic acids is 1. The van der Waals surface area contributed by atoms with Crippen molar-refractivity contribution in [3.8, 4) is 0 Å². The van der Waals surface area contributed by atoms with Gasteiger partial charge in [0, 0.05) is 5.41 Å². The molecule has 0 aliphatic carbocycles. The maximum absolute atomic E-state index is 4.73. The third-order valence-corrected chi connectivity index (χ3v) is 0.875. The Morgan fingerprint density at radius 2 is 2.29 bits per heavy atom. The van der Waals surface area contributed by atoms with Gasteiger partial charge in [0.2, 0.25) is 6.29 Å². The lowest BCUT2D eigenvalue weighted by atomic mass is 9.98. The largest absolute Gasteiger partial charge is 0.400 e. The molecule has 7 heavy (non-hydrogen) atoms. The predicted octanol–water partition coefficient (Wildman–Crippen LogP) is 1.19. The van der Waals surface area contributed by atoms with Crippen LogP contribution in [0.4, 0.5) is 0 Å². The molecule has 1 nitrogen and oxygen atoms in total. The van der Waals surface area contributed by atoms with Crippen LogP contribution in [0.3, 0.4) is 0 Å². The molecule has 0 spiro atoms. The lowest BCUT2D eigenvalue weighted by Gasteiger charge is -2.04. The molecule has 0 aromatic heterocycles. The Labute approximate surface area is 43.3 Å². The minimum absolute atomic E-state index is 0.0417.